The number of amides is 1. The molecule has 40 heavy (non-hydrogen) atoms. The van der Waals surface area contributed by atoms with E-state index >= 15 is 4.39 Å². The zero-order chi connectivity index (χ0) is 28.4. The number of para-hydroxylation sites is 1. The number of nitrogen functional groups attached to an aromatic ring is 1. The van der Waals surface area contributed by atoms with Crippen LogP contribution in [-0.4, -0.2) is 67.7 Å². The molecule has 1 aliphatic rings. The fraction of sp³-hybridized carbons (Fsp3) is 0.333. The number of nitrogens with two attached hydrogens (primary N) is 1. The monoisotopic (exact) mass is 543 g/mol. The van der Waals surface area contributed by atoms with Crippen molar-refractivity contribution >= 4 is 22.8 Å². The van der Waals surface area contributed by atoms with Crippen molar-refractivity contribution in [2.75, 3.05) is 26.4 Å². The molecule has 4 aromatic rings. The molecule has 208 valence electrons. The molecule has 1 saturated heterocycles. The first kappa shape index (κ1) is 27.3. The number of carbonyl (C=O) groups is 1. The van der Waals surface area contributed by atoms with Crippen molar-refractivity contribution in [1.82, 2.24) is 29.5 Å². The van der Waals surface area contributed by atoms with E-state index in [9.17, 15) is 4.79 Å². The van der Waals surface area contributed by atoms with Crippen molar-refractivity contribution in [2.45, 2.75) is 44.8 Å². The van der Waals surface area contributed by atoms with Crippen molar-refractivity contribution in [3.05, 3.63) is 72.8 Å². The number of hydrogen-bond acceptors (Lipinski definition) is 7. The second-order valence-corrected chi connectivity index (χ2v) is 10.8. The molecule has 0 spiro atoms. The molecular formula is C30H34FN7O2. The fourth-order valence-corrected chi connectivity index (χ4v) is 4.80. The minimum atomic E-state index is -0.749. The second kappa shape index (κ2) is 11.1. The average molecular weight is 544 g/mol. The topological polar surface area (TPSA) is 102 Å². The summed E-state index contributed by atoms with van der Waals surface area (Å²) in [6, 6.07) is 16.9. The molecule has 5 rings (SSSR count). The summed E-state index contributed by atoms with van der Waals surface area (Å²) in [6.07, 6.45) is 4.30. The first-order valence-corrected chi connectivity index (χ1v) is 13.3. The lowest BCUT2D eigenvalue weighted by atomic mass is 10.0. The van der Waals surface area contributed by atoms with Gasteiger partial charge in [0.25, 0.3) is 5.91 Å². The predicted octanol–water partition coefficient (Wildman–Crippen LogP) is 5.05. The summed E-state index contributed by atoms with van der Waals surface area (Å²) in [5.41, 5.74) is 7.72. The van der Waals surface area contributed by atoms with Gasteiger partial charge < -0.3 is 20.3 Å². The third kappa shape index (κ3) is 5.53. The number of ether oxygens (including phenoxy) is 1. The number of nitrogens with zero attached hydrogens (tertiary/aromatic N) is 6. The average Bonchev–Trinajstić information content (AvgIpc) is 3.55. The van der Waals surface area contributed by atoms with Gasteiger partial charge in [-0.25, -0.2) is 19.0 Å². The highest BCUT2D eigenvalue weighted by Gasteiger charge is 2.33. The molecule has 1 atom stereocenters. The third-order valence-electron chi connectivity index (χ3n) is 7.52. The van der Waals surface area contributed by atoms with E-state index in [1.165, 1.54) is 12.4 Å². The molecule has 3 heterocycles. The van der Waals surface area contributed by atoms with Crippen molar-refractivity contribution < 1.29 is 13.9 Å². The van der Waals surface area contributed by atoms with Crippen LogP contribution in [-0.2, 0) is 11.3 Å². The van der Waals surface area contributed by atoms with Crippen molar-refractivity contribution in [1.29, 1.82) is 0 Å². The molecular weight excluding hydrogens is 509 g/mol. The van der Waals surface area contributed by atoms with Gasteiger partial charge in [0, 0.05) is 17.6 Å². The Labute approximate surface area is 233 Å². The number of likely N-dealkylation sites (tertiary alicyclic amines) is 1. The summed E-state index contributed by atoms with van der Waals surface area (Å²) in [7, 11) is 3.70. The SMILES string of the molecule is CN(C)C(C)(C)/C=C(\F)C(=O)N1CCC[C@@H]1Cn1nc(-c2ccc(Oc3ccccc3)cc2)c2c(N)ncnc21. The minimum Gasteiger partial charge on any atom is -0.457 e. The van der Waals surface area contributed by atoms with Gasteiger partial charge in [-0.2, -0.15) is 5.10 Å². The van der Waals surface area contributed by atoms with Crippen LogP contribution in [0.2, 0.25) is 0 Å². The van der Waals surface area contributed by atoms with Gasteiger partial charge in [0.1, 0.15) is 29.3 Å². The standard InChI is InChI=1S/C30H34FN7O2/c1-30(2,36(3)4)17-24(31)29(39)37-16-8-9-21(37)18-38-28-25(27(32)33-19-34-28)26(35-38)20-12-14-23(15-13-20)40-22-10-6-5-7-11-22/h5-7,10-15,17,19,21H,8-9,16,18H2,1-4H3,(H2,32,33,34)/b24-17-/t21-/m1/s1. The Balaban J connectivity index is 1.42. The maximum absolute atomic E-state index is 15.1. The van der Waals surface area contributed by atoms with Crippen LogP contribution in [0.4, 0.5) is 10.2 Å². The summed E-state index contributed by atoms with van der Waals surface area (Å²) in [5, 5.41) is 5.49. The van der Waals surface area contributed by atoms with Crippen LogP contribution in [0.5, 0.6) is 11.5 Å². The van der Waals surface area contributed by atoms with Crippen LogP contribution < -0.4 is 10.5 Å². The molecule has 1 aliphatic heterocycles. The number of hydrogen-bond donors (Lipinski definition) is 1. The predicted molar refractivity (Wildman–Crippen MR) is 153 cm³/mol. The fourth-order valence-electron chi connectivity index (χ4n) is 4.80. The van der Waals surface area contributed by atoms with E-state index in [1.807, 2.05) is 87.4 Å². The highest BCUT2D eigenvalue weighted by atomic mass is 19.1. The first-order valence-electron chi connectivity index (χ1n) is 13.3. The Morgan fingerprint density at radius 3 is 2.52 bits per heavy atom. The Hall–Kier alpha value is -4.31. The lowest BCUT2D eigenvalue weighted by molar-refractivity contribution is -0.129. The van der Waals surface area contributed by atoms with Crippen LogP contribution in [0, 0.1) is 0 Å². The highest BCUT2D eigenvalue weighted by Crippen LogP contribution is 2.33. The molecule has 0 bridgehead atoms. The summed E-state index contributed by atoms with van der Waals surface area (Å²) in [5.74, 6) is 0.402. The summed E-state index contributed by atoms with van der Waals surface area (Å²) < 4.78 is 22.8. The van der Waals surface area contributed by atoms with Crippen LogP contribution in [0.3, 0.4) is 0 Å². The summed E-state index contributed by atoms with van der Waals surface area (Å²) in [6.45, 7) is 4.57. The van der Waals surface area contributed by atoms with Gasteiger partial charge in [-0.05, 0) is 83.3 Å². The smallest absolute Gasteiger partial charge is 0.282 e. The van der Waals surface area contributed by atoms with Crippen LogP contribution >= 0.6 is 0 Å². The lowest BCUT2D eigenvalue weighted by Crippen LogP contribution is -2.40. The maximum Gasteiger partial charge on any atom is 0.282 e. The van der Waals surface area contributed by atoms with Gasteiger partial charge in [-0.3, -0.25) is 4.79 Å². The number of aromatic nitrogens is 4. The third-order valence-corrected chi connectivity index (χ3v) is 7.52. The van der Waals surface area contributed by atoms with E-state index in [4.69, 9.17) is 15.6 Å². The Bertz CT molecular complexity index is 1530. The van der Waals surface area contributed by atoms with Gasteiger partial charge in [-0.1, -0.05) is 18.2 Å². The van der Waals surface area contributed by atoms with Crippen LogP contribution in [0.25, 0.3) is 22.3 Å². The molecule has 1 fully saturated rings. The van der Waals surface area contributed by atoms with E-state index in [0.29, 0.717) is 41.4 Å². The zero-order valence-electron chi connectivity index (χ0n) is 23.2. The molecule has 0 aliphatic carbocycles. The number of benzene rings is 2. The largest absolute Gasteiger partial charge is 0.457 e. The van der Waals surface area contributed by atoms with E-state index in [-0.39, 0.29) is 6.04 Å². The van der Waals surface area contributed by atoms with Crippen molar-refractivity contribution in [3.63, 3.8) is 0 Å². The molecule has 0 saturated carbocycles. The van der Waals surface area contributed by atoms with Crippen molar-refractivity contribution in [3.8, 4) is 22.8 Å². The highest BCUT2D eigenvalue weighted by molar-refractivity contribution is 5.98. The number of likely N-dealkylation sites (N-methyl/N-ethyl adjacent to an activating group) is 1. The maximum atomic E-state index is 15.1. The van der Waals surface area contributed by atoms with Gasteiger partial charge in [0.05, 0.1) is 18.0 Å². The molecule has 0 unspecified atom stereocenters. The number of rotatable bonds is 8. The van der Waals surface area contributed by atoms with Gasteiger partial charge in [0.2, 0.25) is 0 Å². The van der Waals surface area contributed by atoms with E-state index in [0.717, 1.165) is 24.2 Å². The van der Waals surface area contributed by atoms with Gasteiger partial charge in [-0.15, -0.1) is 0 Å². The zero-order valence-corrected chi connectivity index (χ0v) is 23.2. The molecule has 1 amide bonds. The molecule has 2 aromatic carbocycles. The van der Waals surface area contributed by atoms with Gasteiger partial charge in [0.15, 0.2) is 11.5 Å². The number of fused-ring (bicyclic) bond motifs is 1. The molecule has 9 nitrogen and oxygen atoms in total. The minimum absolute atomic E-state index is 0.233. The van der Waals surface area contributed by atoms with E-state index in [1.54, 1.807) is 9.58 Å². The molecule has 0 radical (unpaired) electrons. The Morgan fingerprint density at radius 1 is 1.12 bits per heavy atom. The van der Waals surface area contributed by atoms with Crippen LogP contribution in [0.1, 0.15) is 26.7 Å². The molecule has 2 N–H and O–H groups in total. The van der Waals surface area contributed by atoms with E-state index < -0.39 is 17.3 Å². The number of halogens is 1. The lowest BCUT2D eigenvalue weighted by Gasteiger charge is -2.30. The number of carbonyl (C=O) groups excluding carboxylic acids is 1. The quantitative estimate of drug-likeness (QED) is 0.310. The number of anilines is 1. The molecule has 10 heteroatoms. The molecule has 2 aromatic heterocycles. The van der Waals surface area contributed by atoms with E-state index in [2.05, 4.69) is 9.97 Å². The van der Waals surface area contributed by atoms with Crippen molar-refractivity contribution in [2.24, 2.45) is 0 Å². The summed E-state index contributed by atoms with van der Waals surface area (Å²) in [4.78, 5) is 25.3. The normalized spacial score (nSPS) is 16.2. The van der Waals surface area contributed by atoms with Gasteiger partial charge >= 0.3 is 0 Å². The Morgan fingerprint density at radius 2 is 1.82 bits per heavy atom. The van der Waals surface area contributed by atoms with Crippen LogP contribution in [0.15, 0.2) is 72.8 Å². The summed E-state index contributed by atoms with van der Waals surface area (Å²) >= 11 is 0. The second-order valence-electron chi connectivity index (χ2n) is 10.8. The first-order chi connectivity index (χ1) is 19.1. The Kier molecular flexibility index (Phi) is 7.53.